The average Bonchev–Trinajstić information content (AvgIpc) is 2.70. The molecule has 2 heteroatoms. The smallest absolute Gasteiger partial charge is 0.0209 e. The van der Waals surface area contributed by atoms with Crippen molar-refractivity contribution in [2.75, 3.05) is 13.1 Å². The molecule has 0 spiro atoms. The van der Waals surface area contributed by atoms with Crippen LogP contribution in [-0.2, 0) is 0 Å². The molecule has 1 saturated heterocycles. The van der Waals surface area contributed by atoms with E-state index in [9.17, 15) is 0 Å². The van der Waals surface area contributed by atoms with Crippen molar-refractivity contribution in [2.24, 2.45) is 0 Å². The van der Waals surface area contributed by atoms with Crippen LogP contribution in [0.1, 0.15) is 60.3 Å². The minimum Gasteiger partial charge on any atom is -0.310 e. The number of rotatable bonds is 6. The molecule has 1 unspecified atom stereocenters. The second kappa shape index (κ2) is 6.02. The average molecular weight is 226 g/mol. The first kappa shape index (κ1) is 14.0. The maximum Gasteiger partial charge on any atom is 0.0209 e. The van der Waals surface area contributed by atoms with Crippen LogP contribution in [0.2, 0.25) is 0 Å². The Morgan fingerprint density at radius 3 is 2.19 bits per heavy atom. The standard InChI is InChI=1S/C14H30N2/c1-6-14(7-2,8-3)16-10-9-13(11-16)15-12(4)5/h12-13,15H,6-11H2,1-5H3. The summed E-state index contributed by atoms with van der Waals surface area (Å²) in [5.74, 6) is 0. The van der Waals surface area contributed by atoms with Crippen LogP contribution < -0.4 is 5.32 Å². The van der Waals surface area contributed by atoms with Gasteiger partial charge < -0.3 is 5.32 Å². The van der Waals surface area contributed by atoms with Crippen LogP contribution >= 0.6 is 0 Å². The summed E-state index contributed by atoms with van der Waals surface area (Å²) >= 11 is 0. The Morgan fingerprint density at radius 1 is 1.19 bits per heavy atom. The van der Waals surface area contributed by atoms with Crippen molar-refractivity contribution in [2.45, 2.75) is 77.9 Å². The molecular weight excluding hydrogens is 196 g/mol. The lowest BCUT2D eigenvalue weighted by molar-refractivity contribution is 0.0978. The van der Waals surface area contributed by atoms with Crippen LogP contribution in [0.3, 0.4) is 0 Å². The predicted molar refractivity (Wildman–Crippen MR) is 71.9 cm³/mol. The summed E-state index contributed by atoms with van der Waals surface area (Å²) < 4.78 is 0. The first-order valence-electron chi connectivity index (χ1n) is 7.09. The van der Waals surface area contributed by atoms with E-state index in [1.807, 2.05) is 0 Å². The molecule has 0 amide bonds. The van der Waals surface area contributed by atoms with Gasteiger partial charge in [0.05, 0.1) is 0 Å². The van der Waals surface area contributed by atoms with E-state index in [0.29, 0.717) is 17.6 Å². The van der Waals surface area contributed by atoms with Crippen molar-refractivity contribution in [3.63, 3.8) is 0 Å². The molecule has 1 N–H and O–H groups in total. The van der Waals surface area contributed by atoms with Crippen LogP contribution in [0.4, 0.5) is 0 Å². The van der Waals surface area contributed by atoms with E-state index in [0.717, 1.165) is 0 Å². The molecule has 1 aliphatic heterocycles. The molecule has 0 radical (unpaired) electrons. The minimum absolute atomic E-state index is 0.466. The Hall–Kier alpha value is -0.0800. The maximum atomic E-state index is 3.67. The van der Waals surface area contributed by atoms with Crippen molar-refractivity contribution in [3.8, 4) is 0 Å². The van der Waals surface area contributed by atoms with Crippen LogP contribution in [-0.4, -0.2) is 35.6 Å². The van der Waals surface area contributed by atoms with Crippen molar-refractivity contribution >= 4 is 0 Å². The highest BCUT2D eigenvalue weighted by Crippen LogP contribution is 2.31. The SMILES string of the molecule is CCC(CC)(CC)N1CCC(NC(C)C)C1. The molecule has 0 bridgehead atoms. The molecule has 1 fully saturated rings. The number of nitrogens with zero attached hydrogens (tertiary/aromatic N) is 1. The number of hydrogen-bond donors (Lipinski definition) is 1. The molecule has 2 nitrogen and oxygen atoms in total. The van der Waals surface area contributed by atoms with Gasteiger partial charge >= 0.3 is 0 Å². The summed E-state index contributed by atoms with van der Waals surface area (Å²) in [5, 5.41) is 3.67. The molecule has 1 atom stereocenters. The van der Waals surface area contributed by atoms with Crippen molar-refractivity contribution in [1.29, 1.82) is 0 Å². The molecule has 0 aliphatic carbocycles. The third kappa shape index (κ3) is 2.98. The number of nitrogens with one attached hydrogen (secondary N) is 1. The molecule has 1 heterocycles. The Morgan fingerprint density at radius 2 is 1.75 bits per heavy atom. The second-order valence-electron chi connectivity index (χ2n) is 5.54. The highest BCUT2D eigenvalue weighted by molar-refractivity contribution is 4.94. The van der Waals surface area contributed by atoms with E-state index in [1.165, 1.54) is 38.8 Å². The summed E-state index contributed by atoms with van der Waals surface area (Å²) in [4.78, 5) is 2.73. The molecule has 0 aromatic carbocycles. The first-order chi connectivity index (χ1) is 7.57. The first-order valence-corrected chi connectivity index (χ1v) is 7.09. The molecule has 0 aromatic rings. The van der Waals surface area contributed by atoms with Gasteiger partial charge in [-0.1, -0.05) is 34.6 Å². The van der Waals surface area contributed by atoms with E-state index in [4.69, 9.17) is 0 Å². The zero-order valence-corrected chi connectivity index (χ0v) is 11.8. The van der Waals surface area contributed by atoms with Crippen LogP contribution in [0.5, 0.6) is 0 Å². The maximum absolute atomic E-state index is 3.67. The van der Waals surface area contributed by atoms with Gasteiger partial charge in [-0.3, -0.25) is 4.90 Å². The predicted octanol–water partition coefficient (Wildman–Crippen LogP) is 3.03. The number of likely N-dealkylation sites (tertiary alicyclic amines) is 1. The Balaban J connectivity index is 2.56. The van der Waals surface area contributed by atoms with Crippen LogP contribution in [0.15, 0.2) is 0 Å². The van der Waals surface area contributed by atoms with E-state index in [1.54, 1.807) is 0 Å². The normalized spacial score (nSPS) is 23.2. The highest BCUT2D eigenvalue weighted by atomic mass is 15.2. The quantitative estimate of drug-likeness (QED) is 0.749. The van der Waals surface area contributed by atoms with Gasteiger partial charge in [0.2, 0.25) is 0 Å². The lowest BCUT2D eigenvalue weighted by atomic mass is 9.88. The topological polar surface area (TPSA) is 15.3 Å². The largest absolute Gasteiger partial charge is 0.310 e. The summed E-state index contributed by atoms with van der Waals surface area (Å²) in [6.07, 6.45) is 5.18. The van der Waals surface area contributed by atoms with Crippen LogP contribution in [0.25, 0.3) is 0 Å². The summed E-state index contributed by atoms with van der Waals surface area (Å²) in [6, 6.07) is 1.33. The Bertz CT molecular complexity index is 189. The molecule has 16 heavy (non-hydrogen) atoms. The van der Waals surface area contributed by atoms with E-state index < -0.39 is 0 Å². The van der Waals surface area contributed by atoms with Gasteiger partial charge in [-0.25, -0.2) is 0 Å². The Labute approximate surface area is 102 Å². The second-order valence-corrected chi connectivity index (χ2v) is 5.54. The molecule has 1 rings (SSSR count). The summed E-state index contributed by atoms with van der Waals surface area (Å²) in [5.41, 5.74) is 0.466. The van der Waals surface area contributed by atoms with Gasteiger partial charge in [0, 0.05) is 30.7 Å². The summed E-state index contributed by atoms with van der Waals surface area (Å²) in [6.45, 7) is 14.0. The third-order valence-corrected chi connectivity index (χ3v) is 4.40. The fourth-order valence-electron chi connectivity index (χ4n) is 3.22. The highest BCUT2D eigenvalue weighted by Gasteiger charge is 2.36. The van der Waals surface area contributed by atoms with Gasteiger partial charge in [-0.05, 0) is 25.7 Å². The number of hydrogen-bond acceptors (Lipinski definition) is 2. The van der Waals surface area contributed by atoms with Crippen molar-refractivity contribution in [3.05, 3.63) is 0 Å². The lowest BCUT2D eigenvalue weighted by Gasteiger charge is -2.40. The van der Waals surface area contributed by atoms with E-state index >= 15 is 0 Å². The molecule has 0 aromatic heterocycles. The van der Waals surface area contributed by atoms with E-state index in [-0.39, 0.29) is 0 Å². The van der Waals surface area contributed by atoms with Crippen LogP contribution in [0, 0.1) is 0 Å². The monoisotopic (exact) mass is 226 g/mol. The third-order valence-electron chi connectivity index (χ3n) is 4.40. The summed E-state index contributed by atoms with van der Waals surface area (Å²) in [7, 11) is 0. The van der Waals surface area contributed by atoms with Gasteiger partial charge in [-0.2, -0.15) is 0 Å². The zero-order chi connectivity index (χ0) is 12.2. The fourth-order valence-corrected chi connectivity index (χ4v) is 3.22. The Kier molecular flexibility index (Phi) is 5.26. The van der Waals surface area contributed by atoms with Gasteiger partial charge in [-0.15, -0.1) is 0 Å². The molecule has 1 aliphatic rings. The van der Waals surface area contributed by atoms with E-state index in [2.05, 4.69) is 44.8 Å². The molecule has 0 saturated carbocycles. The van der Waals surface area contributed by atoms with Gasteiger partial charge in [0.1, 0.15) is 0 Å². The minimum atomic E-state index is 0.466. The molecule has 96 valence electrons. The lowest BCUT2D eigenvalue weighted by Crippen LogP contribution is -2.48. The van der Waals surface area contributed by atoms with Gasteiger partial charge in [0.15, 0.2) is 0 Å². The zero-order valence-electron chi connectivity index (χ0n) is 11.8. The van der Waals surface area contributed by atoms with Crippen molar-refractivity contribution in [1.82, 2.24) is 10.2 Å². The van der Waals surface area contributed by atoms with Gasteiger partial charge in [0.25, 0.3) is 0 Å². The molecular formula is C14H30N2. The fraction of sp³-hybridized carbons (Fsp3) is 1.00. The van der Waals surface area contributed by atoms with Crippen molar-refractivity contribution < 1.29 is 0 Å².